The van der Waals surface area contributed by atoms with Crippen molar-refractivity contribution in [3.8, 4) is 0 Å². The Bertz CT molecular complexity index is 232. The van der Waals surface area contributed by atoms with Crippen molar-refractivity contribution in [3.05, 3.63) is 11.6 Å². The first-order valence-electron chi connectivity index (χ1n) is 4.72. The van der Waals surface area contributed by atoms with Gasteiger partial charge in [0.25, 0.3) is 0 Å². The Balaban J connectivity index is 2.18. The van der Waals surface area contributed by atoms with Crippen molar-refractivity contribution in [2.45, 2.75) is 32.2 Å². The average molecular weight is 165 g/mol. The van der Waals surface area contributed by atoms with Gasteiger partial charge in [0.05, 0.1) is 6.04 Å². The lowest BCUT2D eigenvalue weighted by Crippen LogP contribution is -2.47. The Kier molecular flexibility index (Phi) is 2.01. The molecule has 0 bridgehead atoms. The molecule has 0 N–H and O–H groups in total. The third kappa shape index (κ3) is 1.31. The number of piperidine rings is 1. The van der Waals surface area contributed by atoms with Gasteiger partial charge in [0, 0.05) is 6.54 Å². The van der Waals surface area contributed by atoms with Crippen LogP contribution in [0.5, 0.6) is 0 Å². The molecule has 2 aliphatic rings. The van der Waals surface area contributed by atoms with Gasteiger partial charge in [-0.3, -0.25) is 9.69 Å². The van der Waals surface area contributed by atoms with Crippen LogP contribution in [0.15, 0.2) is 11.6 Å². The van der Waals surface area contributed by atoms with Crippen LogP contribution in [-0.2, 0) is 4.79 Å². The van der Waals surface area contributed by atoms with E-state index in [1.54, 1.807) is 0 Å². The summed E-state index contributed by atoms with van der Waals surface area (Å²) in [7, 11) is 0. The molecule has 0 amide bonds. The first kappa shape index (κ1) is 7.99. The maximum absolute atomic E-state index is 11.5. The summed E-state index contributed by atoms with van der Waals surface area (Å²) in [5.41, 5.74) is 1.22. The number of fused-ring (bicyclic) bond motifs is 1. The predicted octanol–water partition coefficient (Wildman–Crippen LogP) is 1.37. The van der Waals surface area contributed by atoms with Crippen LogP contribution in [0.3, 0.4) is 0 Å². The van der Waals surface area contributed by atoms with Crippen molar-refractivity contribution in [2.24, 2.45) is 0 Å². The number of ketones is 1. The lowest BCUT2D eigenvalue weighted by molar-refractivity contribution is -0.121. The van der Waals surface area contributed by atoms with Crippen molar-refractivity contribution >= 4 is 5.78 Å². The summed E-state index contributed by atoms with van der Waals surface area (Å²) in [5.74, 6) is 0.332. The summed E-state index contributed by atoms with van der Waals surface area (Å²) in [6.45, 7) is 4.17. The van der Waals surface area contributed by atoms with Gasteiger partial charge in [0.2, 0.25) is 0 Å². The first-order valence-corrected chi connectivity index (χ1v) is 4.72. The molecule has 1 atom stereocenters. The highest BCUT2D eigenvalue weighted by Gasteiger charge is 2.30. The molecule has 12 heavy (non-hydrogen) atoms. The molecule has 1 fully saturated rings. The van der Waals surface area contributed by atoms with E-state index in [2.05, 4.69) is 4.90 Å². The number of carbonyl (C=O) groups is 1. The fraction of sp³-hybridized carbons (Fsp3) is 0.700. The predicted molar refractivity (Wildman–Crippen MR) is 48.0 cm³/mol. The smallest absolute Gasteiger partial charge is 0.172 e. The zero-order valence-corrected chi connectivity index (χ0v) is 7.55. The van der Waals surface area contributed by atoms with E-state index in [4.69, 9.17) is 0 Å². The quantitative estimate of drug-likeness (QED) is 0.540. The largest absolute Gasteiger partial charge is 0.293 e. The third-order valence-electron chi connectivity index (χ3n) is 2.78. The molecule has 0 aromatic rings. The fourth-order valence-corrected chi connectivity index (χ4v) is 2.21. The van der Waals surface area contributed by atoms with Crippen molar-refractivity contribution in [1.29, 1.82) is 0 Å². The van der Waals surface area contributed by atoms with Gasteiger partial charge in [0.15, 0.2) is 5.78 Å². The second-order valence-corrected chi connectivity index (χ2v) is 3.88. The Labute approximate surface area is 73.2 Å². The molecule has 66 valence electrons. The average Bonchev–Trinajstić information content (AvgIpc) is 2.04. The van der Waals surface area contributed by atoms with Gasteiger partial charge in [-0.25, -0.2) is 0 Å². The van der Waals surface area contributed by atoms with Gasteiger partial charge < -0.3 is 0 Å². The van der Waals surface area contributed by atoms with E-state index in [0.717, 1.165) is 19.5 Å². The van der Waals surface area contributed by atoms with E-state index in [1.165, 1.54) is 18.4 Å². The van der Waals surface area contributed by atoms with Crippen LogP contribution in [0, 0.1) is 0 Å². The van der Waals surface area contributed by atoms with Crippen molar-refractivity contribution in [1.82, 2.24) is 4.90 Å². The molecular weight excluding hydrogens is 150 g/mol. The minimum atomic E-state index is 0.224. The zero-order valence-electron chi connectivity index (χ0n) is 7.55. The van der Waals surface area contributed by atoms with Crippen molar-refractivity contribution in [2.75, 3.05) is 13.1 Å². The monoisotopic (exact) mass is 165 g/mol. The molecule has 0 aromatic carbocycles. The van der Waals surface area contributed by atoms with Gasteiger partial charge >= 0.3 is 0 Å². The third-order valence-corrected chi connectivity index (χ3v) is 2.78. The molecule has 2 heterocycles. The van der Waals surface area contributed by atoms with E-state index in [9.17, 15) is 4.79 Å². The first-order chi connectivity index (χ1) is 5.77. The number of carbonyl (C=O) groups excluding carboxylic acids is 1. The maximum Gasteiger partial charge on any atom is 0.172 e. The van der Waals surface area contributed by atoms with Crippen LogP contribution >= 0.6 is 0 Å². The van der Waals surface area contributed by atoms with Crippen LogP contribution in [0.25, 0.3) is 0 Å². The minimum absolute atomic E-state index is 0.224. The molecular formula is C10H15NO. The van der Waals surface area contributed by atoms with Gasteiger partial charge in [-0.05, 0) is 32.4 Å². The van der Waals surface area contributed by atoms with Crippen LogP contribution in [-0.4, -0.2) is 29.8 Å². The fourth-order valence-electron chi connectivity index (χ4n) is 2.21. The van der Waals surface area contributed by atoms with E-state index in [-0.39, 0.29) is 6.04 Å². The maximum atomic E-state index is 11.5. The Morgan fingerprint density at radius 1 is 1.50 bits per heavy atom. The summed E-state index contributed by atoms with van der Waals surface area (Å²) in [5, 5.41) is 0. The van der Waals surface area contributed by atoms with Crippen LogP contribution in [0.1, 0.15) is 26.2 Å². The summed E-state index contributed by atoms with van der Waals surface area (Å²) in [6, 6.07) is 0.224. The van der Waals surface area contributed by atoms with Gasteiger partial charge in [0.1, 0.15) is 0 Å². The number of hydrogen-bond acceptors (Lipinski definition) is 2. The summed E-state index contributed by atoms with van der Waals surface area (Å²) < 4.78 is 0. The molecule has 2 rings (SSSR count). The highest BCUT2D eigenvalue weighted by molar-refractivity contribution is 5.95. The molecule has 1 saturated heterocycles. The SMILES string of the molecule is CC1=CC(=O)C2CCCCN2C1. The van der Waals surface area contributed by atoms with Crippen LogP contribution in [0.4, 0.5) is 0 Å². The molecule has 2 aliphatic heterocycles. The minimum Gasteiger partial charge on any atom is -0.293 e. The Hall–Kier alpha value is -0.630. The summed E-state index contributed by atoms with van der Waals surface area (Å²) in [4.78, 5) is 13.8. The van der Waals surface area contributed by atoms with Crippen LogP contribution < -0.4 is 0 Å². The summed E-state index contributed by atoms with van der Waals surface area (Å²) >= 11 is 0. The Morgan fingerprint density at radius 2 is 2.33 bits per heavy atom. The van der Waals surface area contributed by atoms with Gasteiger partial charge in [-0.15, -0.1) is 0 Å². The highest BCUT2D eigenvalue weighted by Crippen LogP contribution is 2.22. The second kappa shape index (κ2) is 3.02. The van der Waals surface area contributed by atoms with Crippen molar-refractivity contribution < 1.29 is 4.79 Å². The molecule has 0 spiro atoms. The van der Waals surface area contributed by atoms with E-state index in [0.29, 0.717) is 5.78 Å². The molecule has 0 radical (unpaired) electrons. The number of nitrogens with zero attached hydrogens (tertiary/aromatic N) is 1. The molecule has 2 nitrogen and oxygen atoms in total. The number of rotatable bonds is 0. The van der Waals surface area contributed by atoms with E-state index < -0.39 is 0 Å². The number of hydrogen-bond donors (Lipinski definition) is 0. The molecule has 0 aliphatic carbocycles. The van der Waals surface area contributed by atoms with E-state index in [1.807, 2.05) is 13.0 Å². The normalized spacial score (nSPS) is 31.2. The van der Waals surface area contributed by atoms with Gasteiger partial charge in [-0.2, -0.15) is 0 Å². The van der Waals surface area contributed by atoms with Crippen molar-refractivity contribution in [3.63, 3.8) is 0 Å². The van der Waals surface area contributed by atoms with Crippen LogP contribution in [0.2, 0.25) is 0 Å². The van der Waals surface area contributed by atoms with E-state index >= 15 is 0 Å². The highest BCUT2D eigenvalue weighted by atomic mass is 16.1. The molecule has 0 saturated carbocycles. The molecule has 0 aromatic heterocycles. The zero-order chi connectivity index (χ0) is 8.55. The standard InChI is InChI=1S/C10H15NO/c1-8-6-10(12)9-4-2-3-5-11(9)7-8/h6,9H,2-5,7H2,1H3. The van der Waals surface area contributed by atoms with Gasteiger partial charge in [-0.1, -0.05) is 12.0 Å². The summed E-state index contributed by atoms with van der Waals surface area (Å²) in [6.07, 6.45) is 5.38. The second-order valence-electron chi connectivity index (χ2n) is 3.88. The molecule has 1 unspecified atom stereocenters. The lowest BCUT2D eigenvalue weighted by Gasteiger charge is -2.37. The topological polar surface area (TPSA) is 20.3 Å². The lowest BCUT2D eigenvalue weighted by atomic mass is 9.93. The molecule has 2 heteroatoms. The Morgan fingerprint density at radius 3 is 3.17 bits per heavy atom.